The van der Waals surface area contributed by atoms with Crippen LogP contribution < -0.4 is 10.1 Å². The minimum Gasteiger partial charge on any atom is -0.452 e. The third-order valence-electron chi connectivity index (χ3n) is 3.47. The summed E-state index contributed by atoms with van der Waals surface area (Å²) < 4.78 is 67.2. The minimum absolute atomic E-state index is 0.00721. The molecule has 1 N–H and O–H groups in total. The molecule has 0 aromatic heterocycles. The van der Waals surface area contributed by atoms with Crippen LogP contribution in [0, 0.1) is 0 Å². The molecule has 0 radical (unpaired) electrons. The average Bonchev–Trinajstić information content (AvgIpc) is 2.89. The van der Waals surface area contributed by atoms with E-state index in [9.17, 15) is 31.2 Å². The van der Waals surface area contributed by atoms with Crippen LogP contribution in [0.2, 0.25) is 0 Å². The quantitative estimate of drug-likeness (QED) is 0.566. The summed E-state index contributed by atoms with van der Waals surface area (Å²) in [5, 5.41) is 2.46. The third-order valence-corrected chi connectivity index (χ3v) is 5.24. The van der Waals surface area contributed by atoms with Gasteiger partial charge in [-0.25, -0.2) is 13.2 Å². The summed E-state index contributed by atoms with van der Waals surface area (Å²) in [7, 11) is -3.13. The highest BCUT2D eigenvalue weighted by molar-refractivity contribution is 7.91. The van der Waals surface area contributed by atoms with Gasteiger partial charge in [0.25, 0.3) is 5.91 Å². The van der Waals surface area contributed by atoms with Gasteiger partial charge in [-0.3, -0.25) is 4.79 Å². The molecule has 1 aliphatic heterocycles. The standard InChI is InChI=1S/C16H16F3NO6S/c17-16(18,19)26-13-4-1-11(2-5-13)3-6-15(22)25-9-14(21)20-12-7-8-27(23,24)10-12/h1-6,12H,7-10H2,(H,20,21)/b6-3+/t12-/m1/s1. The van der Waals surface area contributed by atoms with Crippen molar-refractivity contribution in [2.24, 2.45) is 0 Å². The van der Waals surface area contributed by atoms with Crippen molar-refractivity contribution in [2.45, 2.75) is 18.8 Å². The highest BCUT2D eigenvalue weighted by atomic mass is 32.2. The third kappa shape index (κ3) is 7.69. The topological polar surface area (TPSA) is 98.8 Å². The van der Waals surface area contributed by atoms with E-state index in [1.165, 1.54) is 18.2 Å². The first-order chi connectivity index (χ1) is 12.5. The normalized spacial score (nSPS) is 19.0. The predicted molar refractivity (Wildman–Crippen MR) is 88.3 cm³/mol. The van der Waals surface area contributed by atoms with Crippen LogP contribution in [-0.2, 0) is 24.2 Å². The van der Waals surface area contributed by atoms with E-state index in [4.69, 9.17) is 4.74 Å². The molecule has 148 valence electrons. The molecule has 1 aliphatic rings. The lowest BCUT2D eigenvalue weighted by Gasteiger charge is -2.10. The summed E-state index contributed by atoms with van der Waals surface area (Å²) in [5.41, 5.74) is 0.419. The monoisotopic (exact) mass is 407 g/mol. The Morgan fingerprint density at radius 1 is 1.22 bits per heavy atom. The maximum absolute atomic E-state index is 12.1. The van der Waals surface area contributed by atoms with E-state index < -0.39 is 46.5 Å². The number of nitrogens with one attached hydrogen (secondary N) is 1. The number of halogens is 3. The van der Waals surface area contributed by atoms with Crippen molar-refractivity contribution in [1.82, 2.24) is 5.32 Å². The zero-order chi connectivity index (χ0) is 20.1. The Balaban J connectivity index is 1.75. The number of benzene rings is 1. The van der Waals surface area contributed by atoms with Crippen molar-refractivity contribution >= 4 is 27.8 Å². The van der Waals surface area contributed by atoms with Gasteiger partial charge in [0.15, 0.2) is 16.4 Å². The second-order valence-corrected chi connectivity index (χ2v) is 7.95. The Hall–Kier alpha value is -2.56. The van der Waals surface area contributed by atoms with Crippen LogP contribution in [-0.4, -0.2) is 50.8 Å². The molecule has 1 heterocycles. The molecule has 27 heavy (non-hydrogen) atoms. The van der Waals surface area contributed by atoms with Crippen molar-refractivity contribution in [3.05, 3.63) is 35.9 Å². The zero-order valence-electron chi connectivity index (χ0n) is 13.9. The number of hydrogen-bond donors (Lipinski definition) is 1. The summed E-state index contributed by atoms with van der Waals surface area (Å²) in [5.74, 6) is -1.98. The first kappa shape index (κ1) is 20.7. The summed E-state index contributed by atoms with van der Waals surface area (Å²) in [6.45, 7) is -0.571. The van der Waals surface area contributed by atoms with E-state index in [1.54, 1.807) is 0 Å². The van der Waals surface area contributed by atoms with E-state index in [-0.39, 0.29) is 11.5 Å². The van der Waals surface area contributed by atoms with Crippen LogP contribution in [0.4, 0.5) is 13.2 Å². The fourth-order valence-corrected chi connectivity index (χ4v) is 3.98. The van der Waals surface area contributed by atoms with Crippen molar-refractivity contribution in [1.29, 1.82) is 0 Å². The molecule has 0 aliphatic carbocycles. The Kier molecular flexibility index (Phi) is 6.47. The number of rotatable bonds is 6. The Labute approximate surface area is 153 Å². The molecule has 1 aromatic carbocycles. The Morgan fingerprint density at radius 3 is 2.44 bits per heavy atom. The van der Waals surface area contributed by atoms with Crippen molar-refractivity contribution in [3.63, 3.8) is 0 Å². The van der Waals surface area contributed by atoms with E-state index in [0.29, 0.717) is 12.0 Å². The molecule has 0 unspecified atom stereocenters. The number of amides is 1. The second kappa shape index (κ2) is 8.42. The van der Waals surface area contributed by atoms with E-state index in [0.717, 1.165) is 18.2 Å². The summed E-state index contributed by atoms with van der Waals surface area (Å²) in [6.07, 6.45) is -2.17. The van der Waals surface area contributed by atoms with Crippen molar-refractivity contribution in [3.8, 4) is 5.75 Å². The van der Waals surface area contributed by atoms with Gasteiger partial charge < -0.3 is 14.8 Å². The van der Waals surface area contributed by atoms with E-state index in [1.807, 2.05) is 0 Å². The largest absolute Gasteiger partial charge is 0.573 e. The van der Waals surface area contributed by atoms with Crippen LogP contribution in [0.25, 0.3) is 6.08 Å². The van der Waals surface area contributed by atoms with Gasteiger partial charge in [0.05, 0.1) is 11.5 Å². The van der Waals surface area contributed by atoms with Gasteiger partial charge in [-0.1, -0.05) is 12.1 Å². The lowest BCUT2D eigenvalue weighted by atomic mass is 10.2. The summed E-state index contributed by atoms with van der Waals surface area (Å²) in [6, 6.07) is 4.29. The van der Waals surface area contributed by atoms with Gasteiger partial charge in [-0.15, -0.1) is 13.2 Å². The van der Waals surface area contributed by atoms with Gasteiger partial charge in [-0.05, 0) is 30.2 Å². The number of ether oxygens (including phenoxy) is 2. The number of sulfone groups is 1. The van der Waals surface area contributed by atoms with Crippen LogP contribution in [0.5, 0.6) is 5.75 Å². The van der Waals surface area contributed by atoms with Gasteiger partial charge >= 0.3 is 12.3 Å². The van der Waals surface area contributed by atoms with Crippen molar-refractivity contribution in [2.75, 3.05) is 18.1 Å². The number of carbonyl (C=O) groups is 2. The second-order valence-electron chi connectivity index (χ2n) is 5.73. The highest BCUT2D eigenvalue weighted by Crippen LogP contribution is 2.23. The zero-order valence-corrected chi connectivity index (χ0v) is 14.7. The number of alkyl halides is 3. The number of esters is 1. The molecule has 2 rings (SSSR count). The summed E-state index contributed by atoms with van der Waals surface area (Å²) in [4.78, 5) is 23.2. The van der Waals surface area contributed by atoms with E-state index in [2.05, 4.69) is 10.1 Å². The molecule has 1 amide bonds. The van der Waals surface area contributed by atoms with Gasteiger partial charge in [0, 0.05) is 12.1 Å². The molecular formula is C16H16F3NO6S. The SMILES string of the molecule is O=C(COC(=O)/C=C/c1ccc(OC(F)(F)F)cc1)N[C@@H]1CCS(=O)(=O)C1. The van der Waals surface area contributed by atoms with Crippen LogP contribution >= 0.6 is 0 Å². The molecule has 0 saturated carbocycles. The number of carbonyl (C=O) groups excluding carboxylic acids is 2. The first-order valence-corrected chi connectivity index (χ1v) is 9.55. The first-order valence-electron chi connectivity index (χ1n) is 7.73. The Bertz CT molecular complexity index is 818. The van der Waals surface area contributed by atoms with Crippen LogP contribution in [0.3, 0.4) is 0 Å². The molecule has 7 nitrogen and oxygen atoms in total. The van der Waals surface area contributed by atoms with Crippen LogP contribution in [0.1, 0.15) is 12.0 Å². The smallest absolute Gasteiger partial charge is 0.452 e. The van der Waals surface area contributed by atoms with Gasteiger partial charge in [0.2, 0.25) is 0 Å². The van der Waals surface area contributed by atoms with Crippen LogP contribution in [0.15, 0.2) is 30.3 Å². The lowest BCUT2D eigenvalue weighted by Crippen LogP contribution is -2.38. The van der Waals surface area contributed by atoms with Crippen molar-refractivity contribution < 1.29 is 40.7 Å². The predicted octanol–water partition coefficient (Wildman–Crippen LogP) is 1.44. The molecule has 1 aromatic rings. The maximum atomic E-state index is 12.1. The van der Waals surface area contributed by atoms with Gasteiger partial charge in [0.1, 0.15) is 5.75 Å². The molecule has 1 atom stereocenters. The fraction of sp³-hybridized carbons (Fsp3) is 0.375. The van der Waals surface area contributed by atoms with Gasteiger partial charge in [-0.2, -0.15) is 0 Å². The number of hydrogen-bond acceptors (Lipinski definition) is 6. The Morgan fingerprint density at radius 2 is 1.89 bits per heavy atom. The summed E-state index contributed by atoms with van der Waals surface area (Å²) >= 11 is 0. The molecule has 0 bridgehead atoms. The molecular weight excluding hydrogens is 391 g/mol. The molecule has 0 spiro atoms. The lowest BCUT2D eigenvalue weighted by molar-refractivity contribution is -0.274. The fourth-order valence-electron chi connectivity index (χ4n) is 2.31. The minimum atomic E-state index is -4.79. The molecule has 1 saturated heterocycles. The maximum Gasteiger partial charge on any atom is 0.573 e. The molecule has 11 heteroatoms. The average molecular weight is 407 g/mol. The highest BCUT2D eigenvalue weighted by Gasteiger charge is 2.31. The molecule has 1 fully saturated rings. The van der Waals surface area contributed by atoms with E-state index >= 15 is 0 Å².